The van der Waals surface area contributed by atoms with Crippen LogP contribution in [0.4, 0.5) is 4.79 Å². The summed E-state index contributed by atoms with van der Waals surface area (Å²) in [7, 11) is 0. The summed E-state index contributed by atoms with van der Waals surface area (Å²) < 4.78 is 5.47. The highest BCUT2D eigenvalue weighted by Gasteiger charge is 2.35. The van der Waals surface area contributed by atoms with Gasteiger partial charge in [0.25, 0.3) is 11.8 Å². The van der Waals surface area contributed by atoms with Crippen molar-refractivity contribution in [2.24, 2.45) is 0 Å². The molecule has 0 N–H and O–H groups in total. The van der Waals surface area contributed by atoms with Crippen LogP contribution in [-0.4, -0.2) is 46.4 Å². The van der Waals surface area contributed by atoms with E-state index in [4.69, 9.17) is 16.3 Å². The van der Waals surface area contributed by atoms with Crippen LogP contribution in [0.2, 0.25) is 5.02 Å². The number of carbonyl (C=O) groups excluding carboxylic acids is 3. The van der Waals surface area contributed by atoms with Gasteiger partial charge in [0, 0.05) is 18.1 Å². The van der Waals surface area contributed by atoms with Crippen molar-refractivity contribution in [3.63, 3.8) is 0 Å². The van der Waals surface area contributed by atoms with Gasteiger partial charge in [0.15, 0.2) is 0 Å². The topological polar surface area (TPSA) is 66.9 Å². The summed E-state index contributed by atoms with van der Waals surface area (Å²) in [5.74, 6) is -0.344. The van der Waals surface area contributed by atoms with E-state index in [0.29, 0.717) is 29.2 Å². The fraction of sp³-hybridized carbons (Fsp3) is 0.400. The van der Waals surface area contributed by atoms with Gasteiger partial charge in [-0.05, 0) is 68.9 Å². The lowest BCUT2D eigenvalue weighted by molar-refractivity contribution is 0.0204. The Morgan fingerprint density at radius 3 is 2.19 bits per heavy atom. The van der Waals surface area contributed by atoms with Gasteiger partial charge in [-0.3, -0.25) is 14.5 Å². The monoisotopic (exact) mass is 454 g/mol. The first-order chi connectivity index (χ1) is 15.1. The number of nitrogens with zero attached hydrogens (tertiary/aromatic N) is 2. The Morgan fingerprint density at radius 2 is 1.62 bits per heavy atom. The van der Waals surface area contributed by atoms with Crippen LogP contribution in [0.25, 0.3) is 0 Å². The molecule has 2 aromatic carbocycles. The second kappa shape index (κ2) is 8.58. The van der Waals surface area contributed by atoms with E-state index in [9.17, 15) is 14.4 Å². The minimum atomic E-state index is -0.518. The van der Waals surface area contributed by atoms with Gasteiger partial charge in [0.05, 0.1) is 17.7 Å². The highest BCUT2D eigenvalue weighted by atomic mass is 35.5. The number of imide groups is 1. The number of fused-ring (bicyclic) bond motifs is 1. The molecule has 2 heterocycles. The maximum absolute atomic E-state index is 12.7. The van der Waals surface area contributed by atoms with E-state index in [1.54, 1.807) is 29.2 Å². The number of hydrogen-bond acceptors (Lipinski definition) is 4. The van der Waals surface area contributed by atoms with Crippen LogP contribution in [0.5, 0.6) is 0 Å². The van der Waals surface area contributed by atoms with Gasteiger partial charge >= 0.3 is 6.09 Å². The molecule has 7 heteroatoms. The number of piperidine rings is 1. The minimum absolute atomic E-state index is 0.198. The van der Waals surface area contributed by atoms with Crippen molar-refractivity contribution in [3.8, 4) is 0 Å². The smallest absolute Gasteiger partial charge is 0.410 e. The Balaban J connectivity index is 1.45. The fourth-order valence-electron chi connectivity index (χ4n) is 4.27. The molecule has 0 aliphatic carbocycles. The Kier molecular flexibility index (Phi) is 5.99. The van der Waals surface area contributed by atoms with E-state index >= 15 is 0 Å². The maximum atomic E-state index is 12.7. The van der Waals surface area contributed by atoms with E-state index in [0.717, 1.165) is 24.0 Å². The highest BCUT2D eigenvalue weighted by molar-refractivity contribution is 6.31. The lowest BCUT2D eigenvalue weighted by atomic mass is 9.88. The van der Waals surface area contributed by atoms with Crippen LogP contribution in [0, 0.1) is 0 Å². The molecule has 2 aromatic rings. The van der Waals surface area contributed by atoms with Gasteiger partial charge in [-0.2, -0.15) is 0 Å². The Hall–Kier alpha value is -2.86. The summed E-state index contributed by atoms with van der Waals surface area (Å²) in [6, 6.07) is 12.5. The molecular formula is C25H27ClN2O4. The van der Waals surface area contributed by atoms with Gasteiger partial charge < -0.3 is 9.64 Å². The van der Waals surface area contributed by atoms with Crippen molar-refractivity contribution in [2.75, 3.05) is 13.1 Å². The first-order valence-corrected chi connectivity index (χ1v) is 11.2. The Labute approximate surface area is 193 Å². The highest BCUT2D eigenvalue weighted by Crippen LogP contribution is 2.34. The largest absolute Gasteiger partial charge is 0.444 e. The van der Waals surface area contributed by atoms with Gasteiger partial charge in [-0.15, -0.1) is 0 Å². The molecule has 0 radical (unpaired) electrons. The van der Waals surface area contributed by atoms with E-state index in [2.05, 4.69) is 0 Å². The molecule has 4 rings (SSSR count). The first-order valence-electron chi connectivity index (χ1n) is 10.9. The molecule has 32 heavy (non-hydrogen) atoms. The fourth-order valence-corrected chi connectivity index (χ4v) is 4.54. The summed E-state index contributed by atoms with van der Waals surface area (Å²) in [5.41, 5.74) is 2.22. The second-order valence-corrected chi connectivity index (χ2v) is 9.75. The van der Waals surface area contributed by atoms with E-state index in [1.807, 2.05) is 39.0 Å². The lowest BCUT2D eigenvalue weighted by Gasteiger charge is -2.34. The van der Waals surface area contributed by atoms with E-state index in [1.165, 1.54) is 4.90 Å². The number of ether oxygens (including phenoxy) is 1. The molecule has 1 fully saturated rings. The first kappa shape index (κ1) is 22.3. The molecule has 0 bridgehead atoms. The molecule has 3 amide bonds. The third-order valence-electron chi connectivity index (χ3n) is 5.87. The standard InChI is InChI=1S/C25H27ClN2O4/c1-25(2,3)32-24(31)27-12-10-17(11-13-27)20-14-16(8-9-21(20)26)15-28-22(29)18-6-4-5-7-19(18)23(28)30/h4-9,14,17H,10-13,15H2,1-3H3. The third-order valence-corrected chi connectivity index (χ3v) is 6.21. The summed E-state index contributed by atoms with van der Waals surface area (Å²) in [6.45, 7) is 6.97. The predicted molar refractivity (Wildman–Crippen MR) is 122 cm³/mol. The number of amides is 3. The summed E-state index contributed by atoms with van der Waals surface area (Å²) in [6.07, 6.45) is 1.26. The molecule has 0 atom stereocenters. The normalized spacial score (nSPS) is 17.0. The molecule has 2 aliphatic rings. The zero-order chi connectivity index (χ0) is 23.0. The molecule has 0 unspecified atom stereocenters. The molecule has 2 aliphatic heterocycles. The molecule has 168 valence electrons. The SMILES string of the molecule is CC(C)(C)OC(=O)N1CCC(c2cc(CN3C(=O)c4ccccc4C3=O)ccc2Cl)CC1. The van der Waals surface area contributed by atoms with Gasteiger partial charge in [0.2, 0.25) is 0 Å². The van der Waals surface area contributed by atoms with Gasteiger partial charge in [-0.25, -0.2) is 4.79 Å². The number of benzene rings is 2. The molecule has 0 aromatic heterocycles. The number of rotatable bonds is 3. The summed E-state index contributed by atoms with van der Waals surface area (Å²) >= 11 is 6.51. The maximum Gasteiger partial charge on any atom is 0.410 e. The Bertz CT molecular complexity index is 1030. The number of hydrogen-bond donors (Lipinski definition) is 0. The summed E-state index contributed by atoms with van der Waals surface area (Å²) in [5, 5.41) is 0.659. The van der Waals surface area contributed by atoms with E-state index in [-0.39, 0.29) is 30.4 Å². The van der Waals surface area contributed by atoms with Crippen LogP contribution in [0.15, 0.2) is 42.5 Å². The van der Waals surface area contributed by atoms with Crippen molar-refractivity contribution in [2.45, 2.75) is 51.7 Å². The Morgan fingerprint density at radius 1 is 1.03 bits per heavy atom. The summed E-state index contributed by atoms with van der Waals surface area (Å²) in [4.78, 5) is 40.7. The second-order valence-electron chi connectivity index (χ2n) is 9.34. The number of halogens is 1. The number of carbonyl (C=O) groups is 3. The van der Waals surface area contributed by atoms with Gasteiger partial charge in [-0.1, -0.05) is 35.9 Å². The van der Waals surface area contributed by atoms with Crippen LogP contribution >= 0.6 is 11.6 Å². The van der Waals surface area contributed by atoms with Crippen LogP contribution < -0.4 is 0 Å². The van der Waals surface area contributed by atoms with Crippen molar-refractivity contribution in [1.82, 2.24) is 9.80 Å². The minimum Gasteiger partial charge on any atom is -0.444 e. The molecule has 1 saturated heterocycles. The van der Waals surface area contributed by atoms with Crippen LogP contribution in [0.1, 0.15) is 71.4 Å². The third kappa shape index (κ3) is 4.51. The van der Waals surface area contributed by atoms with Crippen molar-refractivity contribution < 1.29 is 19.1 Å². The van der Waals surface area contributed by atoms with E-state index < -0.39 is 5.60 Å². The zero-order valence-electron chi connectivity index (χ0n) is 18.6. The zero-order valence-corrected chi connectivity index (χ0v) is 19.3. The van der Waals surface area contributed by atoms with Crippen LogP contribution in [0.3, 0.4) is 0 Å². The van der Waals surface area contributed by atoms with Gasteiger partial charge in [0.1, 0.15) is 5.60 Å². The van der Waals surface area contributed by atoms with Crippen molar-refractivity contribution in [1.29, 1.82) is 0 Å². The molecule has 0 spiro atoms. The van der Waals surface area contributed by atoms with Crippen molar-refractivity contribution in [3.05, 3.63) is 69.7 Å². The molecule has 6 nitrogen and oxygen atoms in total. The average Bonchev–Trinajstić information content (AvgIpc) is 2.99. The quantitative estimate of drug-likeness (QED) is 0.594. The molecule has 0 saturated carbocycles. The predicted octanol–water partition coefficient (Wildman–Crippen LogP) is 5.25. The van der Waals surface area contributed by atoms with Crippen molar-refractivity contribution >= 4 is 29.5 Å². The van der Waals surface area contributed by atoms with Crippen LogP contribution in [-0.2, 0) is 11.3 Å². The number of likely N-dealkylation sites (tertiary alicyclic amines) is 1. The average molecular weight is 455 g/mol. The lowest BCUT2D eigenvalue weighted by Crippen LogP contribution is -2.41. The molecular weight excluding hydrogens is 428 g/mol.